The van der Waals surface area contributed by atoms with Crippen molar-refractivity contribution in [2.24, 2.45) is 13.0 Å². The van der Waals surface area contributed by atoms with Crippen LogP contribution in [0.1, 0.15) is 15.9 Å². The van der Waals surface area contributed by atoms with Gasteiger partial charge in [0.15, 0.2) is 5.78 Å². The number of fused-ring (bicyclic) bond motifs is 1. The van der Waals surface area contributed by atoms with Crippen molar-refractivity contribution >= 4 is 23.3 Å². The third-order valence-corrected chi connectivity index (χ3v) is 6.27. The van der Waals surface area contributed by atoms with Gasteiger partial charge in [0, 0.05) is 60.9 Å². The van der Waals surface area contributed by atoms with E-state index in [4.69, 9.17) is 21.1 Å². The summed E-state index contributed by atoms with van der Waals surface area (Å²) in [4.78, 5) is 26.0. The molecule has 0 bridgehead atoms. The lowest BCUT2D eigenvalue weighted by atomic mass is 9.97. The zero-order valence-electron chi connectivity index (χ0n) is 18.0. The molecule has 0 radical (unpaired) electrons. The van der Waals surface area contributed by atoms with Crippen molar-refractivity contribution in [3.63, 3.8) is 0 Å². The second-order valence-corrected chi connectivity index (χ2v) is 8.91. The monoisotopic (exact) mass is 468 g/mol. The maximum Gasteiger partial charge on any atom is 0.256 e. The predicted molar refractivity (Wildman–Crippen MR) is 121 cm³/mol. The van der Waals surface area contributed by atoms with Gasteiger partial charge in [-0.2, -0.15) is 0 Å². The van der Waals surface area contributed by atoms with E-state index >= 15 is 0 Å². The number of carbonyl (C=O) groups is 2. The fourth-order valence-electron chi connectivity index (χ4n) is 4.25. The van der Waals surface area contributed by atoms with Crippen molar-refractivity contribution in [3.05, 3.63) is 70.6 Å². The number of Topliss-reactive ketones (excluding diaryl/α,β-unsaturated/α-hetero) is 1. The maximum absolute atomic E-state index is 14.5. The predicted octanol–water partition coefficient (Wildman–Crippen LogP) is 4.14. The van der Waals surface area contributed by atoms with Crippen molar-refractivity contribution in [2.45, 2.75) is 6.42 Å². The van der Waals surface area contributed by atoms with Crippen LogP contribution in [-0.4, -0.2) is 47.5 Å². The van der Waals surface area contributed by atoms with Gasteiger partial charge in [-0.25, -0.2) is 4.39 Å². The Morgan fingerprint density at radius 3 is 2.82 bits per heavy atom. The fraction of sp³-hybridized carbons (Fsp3) is 0.280. The summed E-state index contributed by atoms with van der Waals surface area (Å²) >= 11 is 6.20. The highest BCUT2D eigenvalue weighted by Gasteiger charge is 2.34. The van der Waals surface area contributed by atoms with Crippen LogP contribution in [0.4, 0.5) is 4.39 Å². The number of aromatic nitrogens is 1. The van der Waals surface area contributed by atoms with Crippen LogP contribution in [0.25, 0.3) is 11.3 Å². The first-order chi connectivity index (χ1) is 15.9. The fourth-order valence-corrected chi connectivity index (χ4v) is 4.42. The van der Waals surface area contributed by atoms with E-state index in [1.165, 1.54) is 12.1 Å². The first-order valence-electron chi connectivity index (χ1n) is 10.7. The van der Waals surface area contributed by atoms with Gasteiger partial charge in [-0.1, -0.05) is 11.6 Å². The highest BCUT2D eigenvalue weighted by Crippen LogP contribution is 2.34. The molecule has 6 nitrogen and oxygen atoms in total. The Kier molecular flexibility index (Phi) is 5.58. The summed E-state index contributed by atoms with van der Waals surface area (Å²) in [6.45, 7) is 1.31. The SMILES string of the molecule is Cn1cccc1-c1cc(Cl)ccc1OCC1CN(C(=O)c2cc3c(cc2F)OCC(=O)C3)C1. The zero-order chi connectivity index (χ0) is 23.1. The van der Waals surface area contributed by atoms with Gasteiger partial charge in [0.25, 0.3) is 5.91 Å². The summed E-state index contributed by atoms with van der Waals surface area (Å²) in [6, 6.07) is 12.1. The number of ketones is 1. The molecule has 0 atom stereocenters. The third kappa shape index (κ3) is 4.20. The highest BCUT2D eigenvalue weighted by molar-refractivity contribution is 6.31. The molecule has 1 fully saturated rings. The molecule has 0 unspecified atom stereocenters. The van der Waals surface area contributed by atoms with Crippen LogP contribution >= 0.6 is 11.6 Å². The number of amides is 1. The molecule has 1 saturated heterocycles. The summed E-state index contributed by atoms with van der Waals surface area (Å²) in [7, 11) is 1.96. The van der Waals surface area contributed by atoms with Crippen molar-refractivity contribution in [1.29, 1.82) is 0 Å². The molecule has 2 aromatic carbocycles. The average molecular weight is 469 g/mol. The van der Waals surface area contributed by atoms with Crippen LogP contribution in [-0.2, 0) is 18.3 Å². The van der Waals surface area contributed by atoms with E-state index in [0.717, 1.165) is 17.0 Å². The number of hydrogen-bond donors (Lipinski definition) is 0. The summed E-state index contributed by atoms with van der Waals surface area (Å²) < 4.78 is 27.8. The van der Waals surface area contributed by atoms with Gasteiger partial charge < -0.3 is 18.9 Å². The molecular weight excluding hydrogens is 447 g/mol. The molecule has 0 N–H and O–H groups in total. The zero-order valence-corrected chi connectivity index (χ0v) is 18.8. The van der Waals surface area contributed by atoms with E-state index in [-0.39, 0.29) is 36.2 Å². The molecule has 1 amide bonds. The number of rotatable bonds is 5. The van der Waals surface area contributed by atoms with Crippen LogP contribution < -0.4 is 9.47 Å². The lowest BCUT2D eigenvalue weighted by Gasteiger charge is -2.39. The molecule has 0 saturated carbocycles. The Bertz CT molecular complexity index is 1250. The molecule has 33 heavy (non-hydrogen) atoms. The molecule has 2 aliphatic heterocycles. The molecule has 5 rings (SSSR count). The third-order valence-electron chi connectivity index (χ3n) is 6.04. The highest BCUT2D eigenvalue weighted by atomic mass is 35.5. The van der Waals surface area contributed by atoms with E-state index < -0.39 is 5.82 Å². The minimum atomic E-state index is -0.638. The van der Waals surface area contributed by atoms with E-state index in [1.807, 2.05) is 42.1 Å². The Hall–Kier alpha value is -3.32. The summed E-state index contributed by atoms with van der Waals surface area (Å²) in [5, 5.41) is 0.623. The van der Waals surface area contributed by atoms with Gasteiger partial charge in [-0.05, 0) is 36.4 Å². The first-order valence-corrected chi connectivity index (χ1v) is 11.1. The molecule has 2 aliphatic rings. The van der Waals surface area contributed by atoms with Gasteiger partial charge in [-0.3, -0.25) is 9.59 Å². The summed E-state index contributed by atoms with van der Waals surface area (Å²) in [5.74, 6) is 0.0655. The topological polar surface area (TPSA) is 60.8 Å². The van der Waals surface area contributed by atoms with Crippen LogP contribution in [0.3, 0.4) is 0 Å². The minimum Gasteiger partial charge on any atom is -0.492 e. The number of benzene rings is 2. The van der Waals surface area contributed by atoms with E-state index in [0.29, 0.717) is 36.0 Å². The smallest absolute Gasteiger partial charge is 0.256 e. The lowest BCUT2D eigenvalue weighted by Crippen LogP contribution is -2.52. The number of aryl methyl sites for hydroxylation is 1. The molecule has 170 valence electrons. The number of carbonyl (C=O) groups excluding carboxylic acids is 2. The van der Waals surface area contributed by atoms with Crippen molar-refractivity contribution in [1.82, 2.24) is 9.47 Å². The Labute approximate surface area is 195 Å². The molecule has 8 heteroatoms. The largest absolute Gasteiger partial charge is 0.492 e. The Morgan fingerprint density at radius 2 is 2.06 bits per heavy atom. The van der Waals surface area contributed by atoms with Crippen LogP contribution in [0, 0.1) is 11.7 Å². The number of hydrogen-bond acceptors (Lipinski definition) is 4. The Morgan fingerprint density at radius 1 is 1.24 bits per heavy atom. The minimum absolute atomic E-state index is 0.0323. The van der Waals surface area contributed by atoms with Gasteiger partial charge in [0.1, 0.15) is 23.9 Å². The van der Waals surface area contributed by atoms with Gasteiger partial charge in [0.2, 0.25) is 0 Å². The molecule has 0 spiro atoms. The molecule has 0 aliphatic carbocycles. The number of nitrogens with zero attached hydrogens (tertiary/aromatic N) is 2. The lowest BCUT2D eigenvalue weighted by molar-refractivity contribution is -0.121. The van der Waals surface area contributed by atoms with Crippen LogP contribution in [0.15, 0.2) is 48.7 Å². The standard InChI is InChI=1S/C25H22ClFN2O4/c1-28-6-2-3-22(28)20-9-17(26)4-5-23(20)32-13-15-11-29(12-15)25(31)19-8-16-7-18(30)14-33-24(16)10-21(19)27/h2-6,8-10,15H,7,11-14H2,1H3. The molecular formula is C25H22ClFN2O4. The van der Waals surface area contributed by atoms with Crippen LogP contribution in [0.5, 0.6) is 11.5 Å². The Balaban J connectivity index is 1.23. The van der Waals surface area contributed by atoms with Crippen molar-refractivity contribution in [2.75, 3.05) is 26.3 Å². The second kappa shape index (κ2) is 8.56. The van der Waals surface area contributed by atoms with E-state index in [9.17, 15) is 14.0 Å². The molecule has 1 aromatic heterocycles. The number of halogens is 2. The van der Waals surface area contributed by atoms with Crippen molar-refractivity contribution < 1.29 is 23.5 Å². The van der Waals surface area contributed by atoms with E-state index in [1.54, 1.807) is 11.0 Å². The first kappa shape index (κ1) is 21.5. The normalized spacial score (nSPS) is 15.6. The van der Waals surface area contributed by atoms with E-state index in [2.05, 4.69) is 0 Å². The molecule has 3 aromatic rings. The summed E-state index contributed by atoms with van der Waals surface area (Å²) in [6.07, 6.45) is 2.11. The maximum atomic E-state index is 14.5. The second-order valence-electron chi connectivity index (χ2n) is 8.48. The van der Waals surface area contributed by atoms with Gasteiger partial charge in [0.05, 0.1) is 17.9 Å². The molecule has 3 heterocycles. The average Bonchev–Trinajstić information content (AvgIpc) is 3.18. The quantitative estimate of drug-likeness (QED) is 0.564. The summed E-state index contributed by atoms with van der Waals surface area (Å²) in [5.41, 5.74) is 2.40. The van der Waals surface area contributed by atoms with Crippen molar-refractivity contribution in [3.8, 4) is 22.8 Å². The van der Waals surface area contributed by atoms with Gasteiger partial charge in [-0.15, -0.1) is 0 Å². The number of ether oxygens (including phenoxy) is 2. The number of likely N-dealkylation sites (tertiary alicyclic amines) is 1. The van der Waals surface area contributed by atoms with Gasteiger partial charge >= 0.3 is 0 Å². The van der Waals surface area contributed by atoms with Crippen LogP contribution in [0.2, 0.25) is 5.02 Å².